The molecule has 0 atom stereocenters. The number of hydrogen-bond donors (Lipinski definition) is 2. The van der Waals surface area contributed by atoms with Crippen molar-refractivity contribution in [1.82, 2.24) is 10.6 Å². The van der Waals surface area contributed by atoms with Crippen LogP contribution in [0.15, 0.2) is 12.1 Å². The van der Waals surface area contributed by atoms with Gasteiger partial charge in [-0.2, -0.15) is 0 Å². The average molecular weight is 301 g/mol. The molecule has 0 radical (unpaired) electrons. The molecule has 1 aromatic carbocycles. The molecular formula is C14H21ClN2O3. The van der Waals surface area contributed by atoms with Gasteiger partial charge in [0, 0.05) is 13.1 Å². The number of rotatable bonds is 8. The molecule has 0 fully saturated rings. The van der Waals surface area contributed by atoms with E-state index in [9.17, 15) is 4.79 Å². The smallest absolute Gasteiger partial charge is 0.233 e. The summed E-state index contributed by atoms with van der Waals surface area (Å²) in [4.78, 5) is 11.4. The quantitative estimate of drug-likeness (QED) is 0.771. The monoisotopic (exact) mass is 300 g/mol. The predicted molar refractivity (Wildman–Crippen MR) is 79.6 cm³/mol. The van der Waals surface area contributed by atoms with Crippen LogP contribution in [-0.2, 0) is 11.3 Å². The van der Waals surface area contributed by atoms with Crippen LogP contribution in [0.2, 0.25) is 5.02 Å². The number of benzene rings is 1. The van der Waals surface area contributed by atoms with E-state index < -0.39 is 0 Å². The first-order valence-corrected chi connectivity index (χ1v) is 6.88. The largest absolute Gasteiger partial charge is 0.493 e. The first-order chi connectivity index (χ1) is 9.62. The molecule has 0 unspecified atom stereocenters. The average Bonchev–Trinajstić information content (AvgIpc) is 2.44. The van der Waals surface area contributed by atoms with Crippen molar-refractivity contribution in [1.29, 1.82) is 0 Å². The maximum Gasteiger partial charge on any atom is 0.233 e. The standard InChI is InChI=1S/C14H21ClN2O3/c1-4-5-17-13(18)9-16-8-10-6-11(15)14(20-3)12(7-10)19-2/h6-7,16H,4-5,8-9H2,1-3H3,(H,17,18). The fraction of sp³-hybridized carbons (Fsp3) is 0.500. The van der Waals surface area contributed by atoms with Crippen molar-refractivity contribution >= 4 is 17.5 Å². The third kappa shape index (κ3) is 4.90. The molecule has 5 nitrogen and oxygen atoms in total. The van der Waals surface area contributed by atoms with Crippen LogP contribution < -0.4 is 20.1 Å². The summed E-state index contributed by atoms with van der Waals surface area (Å²) in [5.74, 6) is 1.07. The fourth-order valence-electron chi connectivity index (χ4n) is 1.72. The molecule has 0 bridgehead atoms. The highest BCUT2D eigenvalue weighted by atomic mass is 35.5. The van der Waals surface area contributed by atoms with Crippen molar-refractivity contribution in [3.8, 4) is 11.5 Å². The first kappa shape index (κ1) is 16.6. The normalized spacial score (nSPS) is 10.2. The van der Waals surface area contributed by atoms with Gasteiger partial charge in [0.25, 0.3) is 0 Å². The van der Waals surface area contributed by atoms with Crippen molar-refractivity contribution < 1.29 is 14.3 Å². The second-order valence-corrected chi connectivity index (χ2v) is 4.67. The van der Waals surface area contributed by atoms with Crippen molar-refractivity contribution in [2.45, 2.75) is 19.9 Å². The van der Waals surface area contributed by atoms with Gasteiger partial charge in [0.15, 0.2) is 11.5 Å². The molecule has 0 aliphatic carbocycles. The summed E-state index contributed by atoms with van der Waals surface area (Å²) in [5.41, 5.74) is 0.927. The van der Waals surface area contributed by atoms with Gasteiger partial charge >= 0.3 is 0 Å². The Labute approximate surface area is 124 Å². The Kier molecular flexibility index (Phi) is 7.18. The predicted octanol–water partition coefficient (Wildman–Crippen LogP) is 1.97. The number of ether oxygens (including phenoxy) is 2. The number of nitrogens with one attached hydrogen (secondary N) is 2. The minimum atomic E-state index is -0.0153. The maximum atomic E-state index is 11.4. The third-order valence-electron chi connectivity index (χ3n) is 2.68. The van der Waals surface area contributed by atoms with Crippen LogP contribution in [0.4, 0.5) is 0 Å². The zero-order chi connectivity index (χ0) is 15.0. The van der Waals surface area contributed by atoms with Gasteiger partial charge in [0.1, 0.15) is 0 Å². The lowest BCUT2D eigenvalue weighted by molar-refractivity contribution is -0.120. The van der Waals surface area contributed by atoms with Crippen molar-refractivity contribution in [2.75, 3.05) is 27.3 Å². The molecule has 0 aliphatic rings. The Bertz CT molecular complexity index is 452. The lowest BCUT2D eigenvalue weighted by atomic mass is 10.2. The van der Waals surface area contributed by atoms with Gasteiger partial charge in [0.05, 0.1) is 25.8 Å². The third-order valence-corrected chi connectivity index (χ3v) is 2.96. The number of halogens is 1. The van der Waals surface area contributed by atoms with E-state index in [1.807, 2.05) is 13.0 Å². The van der Waals surface area contributed by atoms with Crippen molar-refractivity contribution in [2.24, 2.45) is 0 Å². The lowest BCUT2D eigenvalue weighted by Gasteiger charge is -2.12. The van der Waals surface area contributed by atoms with Gasteiger partial charge in [0.2, 0.25) is 5.91 Å². The highest BCUT2D eigenvalue weighted by Gasteiger charge is 2.10. The van der Waals surface area contributed by atoms with Crippen LogP contribution in [0.3, 0.4) is 0 Å². The van der Waals surface area contributed by atoms with Crippen LogP contribution in [0.1, 0.15) is 18.9 Å². The molecule has 1 aromatic rings. The number of hydrogen-bond acceptors (Lipinski definition) is 4. The topological polar surface area (TPSA) is 59.6 Å². The van der Waals surface area contributed by atoms with Crippen LogP contribution in [-0.4, -0.2) is 33.2 Å². The molecule has 6 heteroatoms. The molecule has 0 aromatic heterocycles. The Balaban J connectivity index is 2.56. The van der Waals surface area contributed by atoms with E-state index in [4.69, 9.17) is 21.1 Å². The molecule has 1 rings (SSSR count). The van der Waals surface area contributed by atoms with E-state index in [2.05, 4.69) is 10.6 Å². The molecular weight excluding hydrogens is 280 g/mol. The summed E-state index contributed by atoms with van der Waals surface area (Å²) in [6.45, 7) is 3.51. The highest BCUT2D eigenvalue weighted by molar-refractivity contribution is 6.32. The van der Waals surface area contributed by atoms with Gasteiger partial charge in [-0.25, -0.2) is 0 Å². The number of carbonyl (C=O) groups excluding carboxylic acids is 1. The van der Waals surface area contributed by atoms with Gasteiger partial charge in [-0.05, 0) is 24.1 Å². The second kappa shape index (κ2) is 8.66. The Morgan fingerprint density at radius 2 is 2.05 bits per heavy atom. The SMILES string of the molecule is CCCNC(=O)CNCc1cc(Cl)c(OC)c(OC)c1. The van der Waals surface area contributed by atoms with Crippen LogP contribution in [0.5, 0.6) is 11.5 Å². The zero-order valence-corrected chi connectivity index (χ0v) is 12.8. The van der Waals surface area contributed by atoms with Gasteiger partial charge < -0.3 is 20.1 Å². The molecule has 0 saturated heterocycles. The van der Waals surface area contributed by atoms with Gasteiger partial charge in [-0.1, -0.05) is 18.5 Å². The Morgan fingerprint density at radius 1 is 1.30 bits per heavy atom. The lowest BCUT2D eigenvalue weighted by Crippen LogP contribution is -2.33. The minimum Gasteiger partial charge on any atom is -0.493 e. The summed E-state index contributed by atoms with van der Waals surface area (Å²) >= 11 is 6.11. The van der Waals surface area contributed by atoms with Crippen LogP contribution >= 0.6 is 11.6 Å². The molecule has 0 spiro atoms. The van der Waals surface area contributed by atoms with Crippen LogP contribution in [0.25, 0.3) is 0 Å². The van der Waals surface area contributed by atoms with E-state index in [1.54, 1.807) is 20.3 Å². The number of methoxy groups -OCH3 is 2. The summed E-state index contributed by atoms with van der Waals surface area (Å²) in [7, 11) is 3.10. The Morgan fingerprint density at radius 3 is 2.65 bits per heavy atom. The molecule has 20 heavy (non-hydrogen) atoms. The van der Waals surface area contributed by atoms with E-state index in [1.165, 1.54) is 0 Å². The van der Waals surface area contributed by atoms with Crippen molar-refractivity contribution in [3.05, 3.63) is 22.7 Å². The van der Waals surface area contributed by atoms with E-state index in [0.717, 1.165) is 12.0 Å². The summed E-state index contributed by atoms with van der Waals surface area (Å²) < 4.78 is 10.4. The molecule has 0 aliphatic heterocycles. The highest BCUT2D eigenvalue weighted by Crippen LogP contribution is 2.35. The molecule has 112 valence electrons. The summed E-state index contributed by atoms with van der Waals surface area (Å²) in [6, 6.07) is 3.63. The van der Waals surface area contributed by atoms with Crippen molar-refractivity contribution in [3.63, 3.8) is 0 Å². The molecule has 2 N–H and O–H groups in total. The Hall–Kier alpha value is -1.46. The molecule has 0 saturated carbocycles. The van der Waals surface area contributed by atoms with E-state index >= 15 is 0 Å². The zero-order valence-electron chi connectivity index (χ0n) is 12.1. The van der Waals surface area contributed by atoms with E-state index in [0.29, 0.717) is 29.6 Å². The fourth-order valence-corrected chi connectivity index (χ4v) is 2.03. The van der Waals surface area contributed by atoms with Crippen LogP contribution in [0, 0.1) is 0 Å². The minimum absolute atomic E-state index is 0.0153. The number of amides is 1. The molecule has 1 amide bonds. The van der Waals surface area contributed by atoms with Gasteiger partial charge in [-0.15, -0.1) is 0 Å². The maximum absolute atomic E-state index is 11.4. The molecule has 0 heterocycles. The van der Waals surface area contributed by atoms with E-state index in [-0.39, 0.29) is 12.5 Å². The first-order valence-electron chi connectivity index (χ1n) is 6.50. The summed E-state index contributed by atoms with van der Waals surface area (Å²) in [5, 5.41) is 6.34. The summed E-state index contributed by atoms with van der Waals surface area (Å²) in [6.07, 6.45) is 0.928. The second-order valence-electron chi connectivity index (χ2n) is 4.27. The number of carbonyl (C=O) groups is 1. The van der Waals surface area contributed by atoms with Gasteiger partial charge in [-0.3, -0.25) is 4.79 Å².